The molecule has 5 nitrogen and oxygen atoms in total. The van der Waals surface area contributed by atoms with E-state index in [0.29, 0.717) is 5.56 Å². The number of hydrogen-bond donors (Lipinski definition) is 2. The zero-order valence-electron chi connectivity index (χ0n) is 12.1. The molecule has 0 saturated carbocycles. The predicted molar refractivity (Wildman–Crippen MR) is 75.7 cm³/mol. The van der Waals surface area contributed by atoms with Gasteiger partial charge in [-0.15, -0.1) is 0 Å². The first-order valence-electron chi connectivity index (χ1n) is 6.86. The quantitative estimate of drug-likeness (QED) is 0.831. The number of hydrazone groups is 1. The maximum absolute atomic E-state index is 13.3. The van der Waals surface area contributed by atoms with Gasteiger partial charge in [-0.2, -0.15) is 23.5 Å². The summed E-state index contributed by atoms with van der Waals surface area (Å²) in [5.74, 6) is -2.21. The summed E-state index contributed by atoms with van der Waals surface area (Å²) in [4.78, 5) is 0. The molecular weight excluding hydrogens is 309 g/mol. The van der Waals surface area contributed by atoms with Gasteiger partial charge in [0.15, 0.2) is 11.9 Å². The fourth-order valence-electron chi connectivity index (χ4n) is 2.92. The average Bonchev–Trinajstić information content (AvgIpc) is 2.90. The largest absolute Gasteiger partial charge is 0.453 e. The molecule has 0 bridgehead atoms. The topological polar surface area (TPSA) is 83.4 Å². The van der Waals surface area contributed by atoms with Crippen LogP contribution in [0.3, 0.4) is 0 Å². The van der Waals surface area contributed by atoms with Crippen molar-refractivity contribution in [1.82, 2.24) is 5.43 Å². The molecule has 2 aliphatic rings. The number of benzene rings is 1. The first-order chi connectivity index (χ1) is 10.8. The summed E-state index contributed by atoms with van der Waals surface area (Å²) in [6.45, 7) is 1.87. The van der Waals surface area contributed by atoms with Crippen LogP contribution in [0, 0.1) is 24.2 Å². The van der Waals surface area contributed by atoms with Crippen molar-refractivity contribution in [3.8, 4) is 6.07 Å². The number of halogens is 3. The van der Waals surface area contributed by atoms with E-state index in [-0.39, 0.29) is 11.5 Å². The number of fused-ring (bicyclic) bond motifs is 1. The van der Waals surface area contributed by atoms with Crippen molar-refractivity contribution < 1.29 is 17.9 Å². The third-order valence-electron chi connectivity index (χ3n) is 3.99. The molecule has 0 aromatic heterocycles. The molecule has 1 aromatic carbocycles. The second-order valence-electron chi connectivity index (χ2n) is 5.47. The number of ether oxygens (including phenoxy) is 1. The zero-order valence-corrected chi connectivity index (χ0v) is 12.1. The van der Waals surface area contributed by atoms with E-state index in [1.165, 1.54) is 0 Å². The first kappa shape index (κ1) is 15.2. The number of nitrogens with one attached hydrogen (secondary N) is 1. The van der Waals surface area contributed by atoms with Crippen LogP contribution >= 0.6 is 0 Å². The van der Waals surface area contributed by atoms with Crippen molar-refractivity contribution in [2.24, 2.45) is 16.8 Å². The highest BCUT2D eigenvalue weighted by molar-refractivity contribution is 5.94. The van der Waals surface area contributed by atoms with E-state index in [0.717, 1.165) is 5.56 Å². The molecule has 0 unspecified atom stereocenters. The summed E-state index contributed by atoms with van der Waals surface area (Å²) >= 11 is 0. The lowest BCUT2D eigenvalue weighted by Crippen LogP contribution is -2.45. The third kappa shape index (κ3) is 2.48. The highest BCUT2D eigenvalue weighted by atomic mass is 19.4. The molecule has 0 saturated heterocycles. The molecule has 8 heteroatoms. The maximum atomic E-state index is 13.3. The summed E-state index contributed by atoms with van der Waals surface area (Å²) in [7, 11) is 0. The highest BCUT2D eigenvalue weighted by Crippen LogP contribution is 2.44. The number of nitrogens with zero attached hydrogens (tertiary/aromatic N) is 2. The van der Waals surface area contributed by atoms with Crippen molar-refractivity contribution in [3.63, 3.8) is 0 Å². The van der Waals surface area contributed by atoms with Crippen LogP contribution in [0.15, 0.2) is 40.8 Å². The van der Waals surface area contributed by atoms with E-state index < -0.39 is 30.0 Å². The van der Waals surface area contributed by atoms with Gasteiger partial charge in [-0.3, -0.25) is 5.43 Å². The molecular formula is C15H13F3N4O. The van der Waals surface area contributed by atoms with Crippen molar-refractivity contribution >= 4 is 5.71 Å². The molecule has 2 aliphatic heterocycles. The van der Waals surface area contributed by atoms with Crippen molar-refractivity contribution in [2.75, 3.05) is 0 Å². The minimum atomic E-state index is -4.62. The Balaban J connectivity index is 2.13. The van der Waals surface area contributed by atoms with E-state index in [1.807, 2.05) is 13.0 Å². The summed E-state index contributed by atoms with van der Waals surface area (Å²) in [5, 5.41) is 12.7. The van der Waals surface area contributed by atoms with Gasteiger partial charge in [0.25, 0.3) is 0 Å². The Labute approximate surface area is 130 Å². The molecule has 0 spiro atoms. The average molecular weight is 322 g/mol. The van der Waals surface area contributed by atoms with E-state index in [4.69, 9.17) is 10.5 Å². The molecule has 0 aliphatic carbocycles. The molecule has 3 rings (SSSR count). The van der Waals surface area contributed by atoms with Crippen LogP contribution in [0.5, 0.6) is 0 Å². The van der Waals surface area contributed by atoms with Crippen LogP contribution in [0.4, 0.5) is 13.2 Å². The molecule has 120 valence electrons. The number of nitriles is 1. The van der Waals surface area contributed by atoms with Crippen LogP contribution in [-0.4, -0.2) is 18.1 Å². The van der Waals surface area contributed by atoms with Gasteiger partial charge in [0.05, 0.1) is 11.5 Å². The Kier molecular flexibility index (Phi) is 3.43. The zero-order chi connectivity index (χ0) is 16.8. The highest BCUT2D eigenvalue weighted by Gasteiger charge is 2.55. The predicted octanol–water partition coefficient (Wildman–Crippen LogP) is 2.27. The Hall–Kier alpha value is -2.69. The fraction of sp³-hybridized carbons (Fsp3) is 0.333. The van der Waals surface area contributed by atoms with E-state index in [1.54, 1.807) is 24.3 Å². The smallest absolute Gasteiger partial charge is 0.431 e. The van der Waals surface area contributed by atoms with Gasteiger partial charge in [0.2, 0.25) is 5.88 Å². The minimum Gasteiger partial charge on any atom is -0.453 e. The van der Waals surface area contributed by atoms with Crippen LogP contribution in [0.25, 0.3) is 0 Å². The number of nitrogens with two attached hydrogens (primary N) is 1. The third-order valence-corrected chi connectivity index (χ3v) is 3.99. The van der Waals surface area contributed by atoms with Crippen LogP contribution in [-0.2, 0) is 4.74 Å². The number of alkyl halides is 3. The summed E-state index contributed by atoms with van der Waals surface area (Å²) in [6, 6.07) is 8.82. The van der Waals surface area contributed by atoms with Crippen molar-refractivity contribution in [1.29, 1.82) is 5.26 Å². The van der Waals surface area contributed by atoms with Gasteiger partial charge >= 0.3 is 6.18 Å². The lowest BCUT2D eigenvalue weighted by atomic mass is 9.76. The van der Waals surface area contributed by atoms with Gasteiger partial charge < -0.3 is 10.5 Å². The maximum Gasteiger partial charge on any atom is 0.431 e. The molecule has 0 fully saturated rings. The lowest BCUT2D eigenvalue weighted by Gasteiger charge is -2.34. The molecule has 1 aromatic rings. The number of aryl methyl sites for hydroxylation is 1. The van der Waals surface area contributed by atoms with E-state index >= 15 is 0 Å². The summed E-state index contributed by atoms with van der Waals surface area (Å²) in [6.07, 6.45) is -5.67. The Morgan fingerprint density at radius 3 is 2.52 bits per heavy atom. The van der Waals surface area contributed by atoms with Gasteiger partial charge in [-0.25, -0.2) is 0 Å². The van der Waals surface area contributed by atoms with Gasteiger partial charge in [0, 0.05) is 5.92 Å². The van der Waals surface area contributed by atoms with E-state index in [9.17, 15) is 18.4 Å². The van der Waals surface area contributed by atoms with E-state index in [2.05, 4.69) is 10.5 Å². The van der Waals surface area contributed by atoms with Crippen LogP contribution < -0.4 is 11.2 Å². The molecule has 3 atom stereocenters. The molecule has 0 radical (unpaired) electrons. The molecule has 2 heterocycles. The first-order valence-corrected chi connectivity index (χ1v) is 6.86. The SMILES string of the molecule is Cc1ccc([C@@H]2C(C#N)=C(N)O[C@H]3NN=C(C(F)(F)F)[C@@H]32)cc1. The molecule has 23 heavy (non-hydrogen) atoms. The Morgan fingerprint density at radius 2 is 1.96 bits per heavy atom. The normalized spacial score (nSPS) is 26.7. The fourth-order valence-corrected chi connectivity index (χ4v) is 2.92. The number of rotatable bonds is 1. The molecule has 0 amide bonds. The van der Waals surface area contributed by atoms with Gasteiger partial charge in [-0.05, 0) is 12.5 Å². The Morgan fingerprint density at radius 1 is 1.30 bits per heavy atom. The second kappa shape index (κ2) is 5.19. The monoisotopic (exact) mass is 322 g/mol. The Bertz CT molecular complexity index is 731. The number of hydrogen-bond acceptors (Lipinski definition) is 5. The van der Waals surface area contributed by atoms with Crippen LogP contribution in [0.1, 0.15) is 17.0 Å². The summed E-state index contributed by atoms with van der Waals surface area (Å²) < 4.78 is 45.0. The van der Waals surface area contributed by atoms with Crippen LogP contribution in [0.2, 0.25) is 0 Å². The lowest BCUT2D eigenvalue weighted by molar-refractivity contribution is -0.0661. The van der Waals surface area contributed by atoms with Crippen molar-refractivity contribution in [2.45, 2.75) is 25.2 Å². The summed E-state index contributed by atoms with van der Waals surface area (Å²) in [5.41, 5.74) is 8.56. The van der Waals surface area contributed by atoms with Gasteiger partial charge in [0.1, 0.15) is 6.07 Å². The van der Waals surface area contributed by atoms with Gasteiger partial charge in [-0.1, -0.05) is 29.8 Å². The molecule has 3 N–H and O–H groups in total. The number of allylic oxidation sites excluding steroid dienone is 1. The minimum absolute atomic E-state index is 0.0178. The standard InChI is InChI=1S/C15H13F3N4O/c1-7-2-4-8(5-3-7)10-9(6-19)13(20)23-14-11(10)12(21-22-14)15(16,17)18/h2-5,10-11,14,22H,20H2,1H3/t10-,11+,14-/m1/s1. The second-order valence-corrected chi connectivity index (χ2v) is 5.47. The van der Waals surface area contributed by atoms with Crippen molar-refractivity contribution in [3.05, 3.63) is 46.8 Å².